The van der Waals surface area contributed by atoms with Crippen LogP contribution >= 0.6 is 0 Å². The lowest BCUT2D eigenvalue weighted by Crippen LogP contribution is -2.23. The predicted octanol–water partition coefficient (Wildman–Crippen LogP) is 1.40. The Labute approximate surface area is 93.2 Å². The lowest BCUT2D eigenvalue weighted by Gasteiger charge is -2.11. The van der Waals surface area contributed by atoms with Gasteiger partial charge in [-0.3, -0.25) is 0 Å². The van der Waals surface area contributed by atoms with Crippen LogP contribution in [0, 0.1) is 5.82 Å². The van der Waals surface area contributed by atoms with Crippen molar-refractivity contribution >= 4 is 5.97 Å². The van der Waals surface area contributed by atoms with E-state index in [1.807, 2.05) is 0 Å². The Morgan fingerprint density at radius 2 is 2.25 bits per heavy atom. The van der Waals surface area contributed by atoms with Crippen LogP contribution < -0.4 is 10.5 Å². The summed E-state index contributed by atoms with van der Waals surface area (Å²) in [5.74, 6) is -1.02. The predicted molar refractivity (Wildman–Crippen MR) is 56.5 cm³/mol. The summed E-state index contributed by atoms with van der Waals surface area (Å²) in [6.45, 7) is 1.92. The molecule has 0 bridgehead atoms. The SMILES string of the molecule is CCOC(=O)[C@@H](N)c1ccc(OC)c(F)c1. The Kier molecular flexibility index (Phi) is 4.25. The summed E-state index contributed by atoms with van der Waals surface area (Å²) in [6, 6.07) is 3.15. The van der Waals surface area contributed by atoms with Crippen LogP contribution in [0.1, 0.15) is 18.5 Å². The van der Waals surface area contributed by atoms with E-state index in [1.165, 1.54) is 25.3 Å². The molecule has 1 atom stereocenters. The Morgan fingerprint density at radius 3 is 2.75 bits per heavy atom. The minimum Gasteiger partial charge on any atom is -0.494 e. The molecule has 1 aromatic carbocycles. The smallest absolute Gasteiger partial charge is 0.327 e. The molecule has 4 nitrogen and oxygen atoms in total. The first-order chi connectivity index (χ1) is 7.60. The summed E-state index contributed by atoms with van der Waals surface area (Å²) in [5, 5.41) is 0. The van der Waals surface area contributed by atoms with Gasteiger partial charge in [0, 0.05) is 0 Å². The summed E-state index contributed by atoms with van der Waals surface area (Å²) >= 11 is 0. The van der Waals surface area contributed by atoms with Gasteiger partial charge in [-0.1, -0.05) is 6.07 Å². The van der Waals surface area contributed by atoms with Crippen molar-refractivity contribution in [3.05, 3.63) is 29.6 Å². The van der Waals surface area contributed by atoms with Crippen molar-refractivity contribution in [3.63, 3.8) is 0 Å². The number of methoxy groups -OCH3 is 1. The number of halogens is 1. The van der Waals surface area contributed by atoms with Gasteiger partial charge < -0.3 is 15.2 Å². The van der Waals surface area contributed by atoms with Crippen LogP contribution in [0.2, 0.25) is 0 Å². The number of hydrogen-bond donors (Lipinski definition) is 1. The number of esters is 1. The van der Waals surface area contributed by atoms with Crippen molar-refractivity contribution in [2.24, 2.45) is 5.73 Å². The van der Waals surface area contributed by atoms with E-state index < -0.39 is 17.8 Å². The molecule has 88 valence electrons. The fourth-order valence-electron chi connectivity index (χ4n) is 1.24. The van der Waals surface area contributed by atoms with Gasteiger partial charge in [0.1, 0.15) is 6.04 Å². The molecule has 0 saturated carbocycles. The second-order valence-corrected chi connectivity index (χ2v) is 3.12. The minimum absolute atomic E-state index is 0.111. The van der Waals surface area contributed by atoms with E-state index in [9.17, 15) is 9.18 Å². The highest BCUT2D eigenvalue weighted by Crippen LogP contribution is 2.21. The van der Waals surface area contributed by atoms with Crippen LogP contribution in [-0.2, 0) is 9.53 Å². The normalized spacial score (nSPS) is 12.0. The van der Waals surface area contributed by atoms with Crippen molar-refractivity contribution in [3.8, 4) is 5.75 Å². The Hall–Kier alpha value is -1.62. The summed E-state index contributed by atoms with van der Waals surface area (Å²) in [5.41, 5.74) is 5.96. The molecular weight excluding hydrogens is 213 g/mol. The van der Waals surface area contributed by atoms with Crippen molar-refractivity contribution in [1.29, 1.82) is 0 Å². The van der Waals surface area contributed by atoms with Gasteiger partial charge in [-0.25, -0.2) is 9.18 Å². The quantitative estimate of drug-likeness (QED) is 0.790. The molecule has 0 heterocycles. The van der Waals surface area contributed by atoms with Crippen molar-refractivity contribution in [1.82, 2.24) is 0 Å². The zero-order valence-electron chi connectivity index (χ0n) is 9.20. The number of ether oxygens (including phenoxy) is 2. The Bertz CT molecular complexity index is 381. The maximum Gasteiger partial charge on any atom is 0.327 e. The van der Waals surface area contributed by atoms with Gasteiger partial charge in [0.15, 0.2) is 11.6 Å². The molecule has 0 aromatic heterocycles. The molecule has 0 radical (unpaired) electrons. The highest BCUT2D eigenvalue weighted by atomic mass is 19.1. The van der Waals surface area contributed by atoms with Crippen LogP contribution in [0.5, 0.6) is 5.75 Å². The van der Waals surface area contributed by atoms with E-state index in [4.69, 9.17) is 15.2 Å². The molecule has 5 heteroatoms. The van der Waals surface area contributed by atoms with E-state index in [-0.39, 0.29) is 12.4 Å². The molecule has 0 spiro atoms. The molecule has 0 aliphatic heterocycles. The van der Waals surface area contributed by atoms with Crippen LogP contribution in [0.4, 0.5) is 4.39 Å². The number of benzene rings is 1. The number of carbonyl (C=O) groups excluding carboxylic acids is 1. The van der Waals surface area contributed by atoms with E-state index >= 15 is 0 Å². The Balaban J connectivity index is 2.88. The van der Waals surface area contributed by atoms with Crippen molar-refractivity contribution in [2.45, 2.75) is 13.0 Å². The highest BCUT2D eigenvalue weighted by molar-refractivity contribution is 5.77. The average Bonchev–Trinajstić information content (AvgIpc) is 2.28. The Morgan fingerprint density at radius 1 is 1.56 bits per heavy atom. The second-order valence-electron chi connectivity index (χ2n) is 3.12. The van der Waals surface area contributed by atoms with Crippen molar-refractivity contribution in [2.75, 3.05) is 13.7 Å². The van der Waals surface area contributed by atoms with E-state index in [1.54, 1.807) is 6.92 Å². The minimum atomic E-state index is -0.972. The highest BCUT2D eigenvalue weighted by Gasteiger charge is 2.18. The lowest BCUT2D eigenvalue weighted by molar-refractivity contribution is -0.144. The molecule has 0 fully saturated rings. The van der Waals surface area contributed by atoms with Crippen LogP contribution in [0.25, 0.3) is 0 Å². The van der Waals surface area contributed by atoms with Crippen LogP contribution in [0.15, 0.2) is 18.2 Å². The van der Waals surface area contributed by atoms with Crippen LogP contribution in [-0.4, -0.2) is 19.7 Å². The summed E-state index contributed by atoms with van der Waals surface area (Å²) in [6.07, 6.45) is 0. The average molecular weight is 227 g/mol. The fourth-order valence-corrected chi connectivity index (χ4v) is 1.24. The van der Waals surface area contributed by atoms with Crippen molar-refractivity contribution < 1.29 is 18.7 Å². The number of nitrogens with two attached hydrogens (primary N) is 1. The zero-order valence-corrected chi connectivity index (χ0v) is 9.20. The first-order valence-corrected chi connectivity index (χ1v) is 4.85. The molecule has 0 unspecified atom stereocenters. The number of rotatable bonds is 4. The van der Waals surface area contributed by atoms with Gasteiger partial charge in [-0.2, -0.15) is 0 Å². The number of carbonyl (C=O) groups is 1. The van der Waals surface area contributed by atoms with Gasteiger partial charge in [-0.05, 0) is 24.6 Å². The first kappa shape index (κ1) is 12.4. The van der Waals surface area contributed by atoms with E-state index in [0.717, 1.165) is 0 Å². The molecule has 0 aliphatic rings. The third-order valence-electron chi connectivity index (χ3n) is 2.08. The maximum atomic E-state index is 13.3. The monoisotopic (exact) mass is 227 g/mol. The maximum absolute atomic E-state index is 13.3. The molecular formula is C11H14FNO3. The third kappa shape index (κ3) is 2.70. The largest absolute Gasteiger partial charge is 0.494 e. The first-order valence-electron chi connectivity index (χ1n) is 4.85. The molecule has 16 heavy (non-hydrogen) atoms. The van der Waals surface area contributed by atoms with Gasteiger partial charge in [0.2, 0.25) is 0 Å². The summed E-state index contributed by atoms with van der Waals surface area (Å²) in [7, 11) is 1.36. The van der Waals surface area contributed by atoms with Gasteiger partial charge in [0.25, 0.3) is 0 Å². The van der Waals surface area contributed by atoms with E-state index in [2.05, 4.69) is 0 Å². The van der Waals surface area contributed by atoms with Gasteiger partial charge in [0.05, 0.1) is 13.7 Å². The molecule has 0 amide bonds. The third-order valence-corrected chi connectivity index (χ3v) is 2.08. The van der Waals surface area contributed by atoms with Gasteiger partial charge >= 0.3 is 5.97 Å². The zero-order chi connectivity index (χ0) is 12.1. The summed E-state index contributed by atoms with van der Waals surface area (Å²) < 4.78 is 22.8. The summed E-state index contributed by atoms with van der Waals surface area (Å²) in [4.78, 5) is 11.3. The molecule has 1 aromatic rings. The molecule has 0 saturated heterocycles. The molecule has 0 aliphatic carbocycles. The lowest BCUT2D eigenvalue weighted by atomic mass is 10.1. The van der Waals surface area contributed by atoms with E-state index in [0.29, 0.717) is 5.56 Å². The molecule has 1 rings (SSSR count). The fraction of sp³-hybridized carbons (Fsp3) is 0.364. The topological polar surface area (TPSA) is 61.5 Å². The molecule has 2 N–H and O–H groups in total. The number of hydrogen-bond acceptors (Lipinski definition) is 4. The second kappa shape index (κ2) is 5.46. The van der Waals surface area contributed by atoms with Crippen LogP contribution in [0.3, 0.4) is 0 Å². The van der Waals surface area contributed by atoms with Gasteiger partial charge in [-0.15, -0.1) is 0 Å². The standard InChI is InChI=1S/C11H14FNO3/c1-3-16-11(14)10(13)7-4-5-9(15-2)8(12)6-7/h4-6,10H,3,13H2,1-2H3/t10-/m0/s1.